The van der Waals surface area contributed by atoms with Gasteiger partial charge in [-0.15, -0.1) is 0 Å². The second-order valence-electron chi connectivity index (χ2n) is 11.7. The molecule has 0 spiro atoms. The van der Waals surface area contributed by atoms with Crippen molar-refractivity contribution in [1.82, 2.24) is 26.6 Å². The first-order valence-electron chi connectivity index (χ1n) is 15.9. The number of phenolic OH excluding ortho intramolecular Hbond substituents is 1. The van der Waals surface area contributed by atoms with Crippen LogP contribution >= 0.6 is 11.8 Å². The Kier molecular flexibility index (Phi) is 19.0. The standard InChI is InChI=1S/C31H48N8O11S/c1-4-15(2)25(30(48)35-19(9-10-51-3)27(45)38-22(14-40)31(49)50)39-29(47)20(11-16-5-7-17(41)8-6-16)37-28(46)21(13-24(34)43)36-26(44)18(32)12-23(33)42/h5-8,15,18-22,25,40-41H,4,9-14,32H2,1-3H3,(H2,33,42)(H2,34,43)(H,35,48)(H,36,44)(H,37,46)(H,38,45)(H,39,47)(H,49,50)/t15-,18-,19-,20-,21-,22-,25-/m0/s1. The molecule has 0 bridgehead atoms. The van der Waals surface area contributed by atoms with Crippen molar-refractivity contribution in [3.63, 3.8) is 0 Å². The van der Waals surface area contributed by atoms with E-state index < -0.39 is 109 Å². The minimum Gasteiger partial charge on any atom is -0.508 e. The van der Waals surface area contributed by atoms with E-state index >= 15 is 0 Å². The van der Waals surface area contributed by atoms with Crippen LogP contribution in [0.1, 0.15) is 45.1 Å². The lowest BCUT2D eigenvalue weighted by atomic mass is 9.96. The second-order valence-corrected chi connectivity index (χ2v) is 12.7. The number of carbonyl (C=O) groups is 8. The SMILES string of the molecule is CC[C@H](C)[C@H](NC(=O)[C@H](Cc1ccc(O)cc1)NC(=O)[C@H](CC(N)=O)NC(=O)[C@@H](N)CC(N)=O)C(=O)N[C@@H](CCSC)C(=O)N[C@@H](CO)C(=O)O. The average molecular weight is 741 g/mol. The van der Waals surface area contributed by atoms with Gasteiger partial charge in [0.15, 0.2) is 0 Å². The number of carboxylic acids is 1. The van der Waals surface area contributed by atoms with Gasteiger partial charge in [0.25, 0.3) is 0 Å². The average Bonchev–Trinajstić information content (AvgIpc) is 3.06. The fourth-order valence-corrected chi connectivity index (χ4v) is 5.00. The van der Waals surface area contributed by atoms with Gasteiger partial charge in [-0.1, -0.05) is 32.4 Å². The zero-order valence-electron chi connectivity index (χ0n) is 28.5. The molecule has 1 aromatic rings. The Balaban J connectivity index is 3.41. The minimum atomic E-state index is -1.64. The molecule has 0 fully saturated rings. The maximum atomic E-state index is 13.9. The number of aromatic hydroxyl groups is 1. The van der Waals surface area contributed by atoms with E-state index in [-0.39, 0.29) is 18.6 Å². The zero-order chi connectivity index (χ0) is 38.8. The first-order chi connectivity index (χ1) is 23.9. The van der Waals surface area contributed by atoms with E-state index in [2.05, 4.69) is 26.6 Å². The van der Waals surface area contributed by atoms with Gasteiger partial charge >= 0.3 is 5.97 Å². The number of aliphatic hydroxyl groups is 1. The Hall–Kier alpha value is -4.95. The molecular formula is C31H48N8O11S. The molecular weight excluding hydrogens is 692 g/mol. The van der Waals surface area contributed by atoms with Crippen molar-refractivity contribution < 1.29 is 53.7 Å². The van der Waals surface area contributed by atoms with E-state index in [9.17, 15) is 53.7 Å². The number of phenols is 1. The van der Waals surface area contributed by atoms with Crippen molar-refractivity contribution in [3.05, 3.63) is 29.8 Å². The van der Waals surface area contributed by atoms with Crippen LogP contribution in [0.4, 0.5) is 0 Å². The van der Waals surface area contributed by atoms with Crippen molar-refractivity contribution in [2.75, 3.05) is 18.6 Å². The van der Waals surface area contributed by atoms with Crippen molar-refractivity contribution >= 4 is 59.1 Å². The van der Waals surface area contributed by atoms with Gasteiger partial charge in [-0.25, -0.2) is 4.79 Å². The fourth-order valence-electron chi connectivity index (χ4n) is 4.53. The number of nitrogens with two attached hydrogens (primary N) is 3. The van der Waals surface area contributed by atoms with Crippen LogP contribution in [0.15, 0.2) is 24.3 Å². The van der Waals surface area contributed by atoms with E-state index in [1.165, 1.54) is 36.0 Å². The highest BCUT2D eigenvalue weighted by molar-refractivity contribution is 7.98. The Morgan fingerprint density at radius 2 is 1.25 bits per heavy atom. The summed E-state index contributed by atoms with van der Waals surface area (Å²) in [5.41, 5.74) is 16.5. The number of carbonyl (C=O) groups excluding carboxylic acids is 7. The Bertz CT molecular complexity index is 1400. The third-order valence-corrected chi connectivity index (χ3v) is 8.28. The molecule has 0 aliphatic carbocycles. The number of nitrogens with one attached hydrogen (secondary N) is 5. The molecule has 0 radical (unpaired) electrons. The minimum absolute atomic E-state index is 0.0767. The fraction of sp³-hybridized carbons (Fsp3) is 0.548. The van der Waals surface area contributed by atoms with Gasteiger partial charge in [-0.05, 0) is 42.0 Å². The molecule has 0 aliphatic rings. The molecule has 0 heterocycles. The molecule has 0 aromatic heterocycles. The molecule has 0 saturated carbocycles. The van der Waals surface area contributed by atoms with Crippen molar-refractivity contribution in [3.8, 4) is 5.75 Å². The van der Waals surface area contributed by atoms with Gasteiger partial charge < -0.3 is 59.1 Å². The van der Waals surface area contributed by atoms with Crippen molar-refractivity contribution in [2.45, 2.75) is 82.2 Å². The van der Waals surface area contributed by atoms with E-state index in [0.717, 1.165) is 0 Å². The molecule has 1 rings (SSSR count). The maximum absolute atomic E-state index is 13.9. The van der Waals surface area contributed by atoms with E-state index in [4.69, 9.17) is 17.2 Å². The number of carboxylic acid groups (broad SMARTS) is 1. The predicted octanol–water partition coefficient (Wildman–Crippen LogP) is -3.69. The van der Waals surface area contributed by atoms with Crippen LogP contribution in [-0.4, -0.2) is 118 Å². The Morgan fingerprint density at radius 3 is 1.76 bits per heavy atom. The summed E-state index contributed by atoms with van der Waals surface area (Å²) in [7, 11) is 0. The quantitative estimate of drug-likeness (QED) is 0.0516. The number of amides is 7. The molecule has 1 aromatic carbocycles. The maximum Gasteiger partial charge on any atom is 0.328 e. The third-order valence-electron chi connectivity index (χ3n) is 7.64. The smallest absolute Gasteiger partial charge is 0.328 e. The number of rotatable bonds is 23. The molecule has 7 atom stereocenters. The van der Waals surface area contributed by atoms with E-state index in [1.807, 2.05) is 0 Å². The number of benzene rings is 1. The monoisotopic (exact) mass is 740 g/mol. The normalized spacial score (nSPS) is 15.0. The van der Waals surface area contributed by atoms with E-state index in [1.54, 1.807) is 20.1 Å². The molecule has 0 unspecified atom stereocenters. The summed E-state index contributed by atoms with van der Waals surface area (Å²) in [6, 6.07) is -3.09. The summed E-state index contributed by atoms with van der Waals surface area (Å²) in [6.45, 7) is 2.49. The largest absolute Gasteiger partial charge is 0.508 e. The molecule has 20 heteroatoms. The molecule has 7 amide bonds. The first-order valence-corrected chi connectivity index (χ1v) is 17.3. The van der Waals surface area contributed by atoms with Gasteiger partial charge in [-0.3, -0.25) is 33.6 Å². The predicted molar refractivity (Wildman–Crippen MR) is 184 cm³/mol. The molecule has 0 aliphatic heterocycles. The number of primary amides is 2. The highest BCUT2D eigenvalue weighted by atomic mass is 32.2. The van der Waals surface area contributed by atoms with Crippen molar-refractivity contribution in [1.29, 1.82) is 0 Å². The molecule has 284 valence electrons. The van der Waals surface area contributed by atoms with Crippen molar-refractivity contribution in [2.24, 2.45) is 23.1 Å². The summed E-state index contributed by atoms with van der Waals surface area (Å²) in [6.07, 6.45) is 0.700. The van der Waals surface area contributed by atoms with E-state index in [0.29, 0.717) is 17.7 Å². The number of thioether (sulfide) groups is 1. The Labute approximate surface area is 298 Å². The zero-order valence-corrected chi connectivity index (χ0v) is 29.4. The first kappa shape index (κ1) is 44.1. The van der Waals surface area contributed by atoms with Crippen LogP contribution in [0.2, 0.25) is 0 Å². The number of aliphatic carboxylic acids is 1. The van der Waals surface area contributed by atoms with Crippen LogP contribution in [0.5, 0.6) is 5.75 Å². The van der Waals surface area contributed by atoms with Crippen LogP contribution in [0, 0.1) is 5.92 Å². The highest BCUT2D eigenvalue weighted by Crippen LogP contribution is 2.14. The number of aliphatic hydroxyl groups excluding tert-OH is 1. The summed E-state index contributed by atoms with van der Waals surface area (Å²) in [5, 5.41) is 40.3. The molecule has 19 nitrogen and oxygen atoms in total. The van der Waals surface area contributed by atoms with Gasteiger partial charge in [0.2, 0.25) is 41.4 Å². The lowest BCUT2D eigenvalue weighted by molar-refractivity contribution is -0.143. The Morgan fingerprint density at radius 1 is 0.745 bits per heavy atom. The van der Waals surface area contributed by atoms with Crippen LogP contribution in [0.25, 0.3) is 0 Å². The van der Waals surface area contributed by atoms with Gasteiger partial charge in [-0.2, -0.15) is 11.8 Å². The summed E-state index contributed by atoms with van der Waals surface area (Å²) in [4.78, 5) is 101. The highest BCUT2D eigenvalue weighted by Gasteiger charge is 2.35. The lowest BCUT2D eigenvalue weighted by Crippen LogP contribution is -2.61. The molecule has 51 heavy (non-hydrogen) atoms. The van der Waals surface area contributed by atoms with Crippen LogP contribution in [-0.2, 0) is 44.8 Å². The molecule has 14 N–H and O–H groups in total. The summed E-state index contributed by atoms with van der Waals surface area (Å²) < 4.78 is 0. The lowest BCUT2D eigenvalue weighted by Gasteiger charge is -2.29. The van der Waals surface area contributed by atoms with Crippen LogP contribution in [0.3, 0.4) is 0 Å². The van der Waals surface area contributed by atoms with Gasteiger partial charge in [0, 0.05) is 6.42 Å². The van der Waals surface area contributed by atoms with Gasteiger partial charge in [0.05, 0.1) is 25.5 Å². The van der Waals surface area contributed by atoms with Crippen LogP contribution < -0.4 is 43.8 Å². The van der Waals surface area contributed by atoms with Gasteiger partial charge in [0.1, 0.15) is 36.0 Å². The molecule has 0 saturated heterocycles. The summed E-state index contributed by atoms with van der Waals surface area (Å²) >= 11 is 1.35. The third kappa shape index (κ3) is 15.6. The summed E-state index contributed by atoms with van der Waals surface area (Å²) in [5.74, 6) is -8.22. The number of hydrogen-bond donors (Lipinski definition) is 11. The second kappa shape index (κ2) is 22.0. The topological polar surface area (TPSA) is 335 Å². The number of hydrogen-bond acceptors (Lipinski definition) is 12.